The first-order valence-corrected chi connectivity index (χ1v) is 4.11. The maximum atomic E-state index is 10.6. The molecular formula is C8H8BrNO2. The summed E-state index contributed by atoms with van der Waals surface area (Å²) in [5.41, 5.74) is 7.15. The monoisotopic (exact) mass is 229 g/mol. The maximum absolute atomic E-state index is 10.6. The minimum Gasteiger partial charge on any atom is -0.478 e. The van der Waals surface area contributed by atoms with Crippen molar-refractivity contribution in [3.8, 4) is 0 Å². The van der Waals surface area contributed by atoms with Crippen LogP contribution in [-0.4, -0.2) is 11.1 Å². The second kappa shape index (κ2) is 3.15. The zero-order valence-corrected chi connectivity index (χ0v) is 8.05. The highest BCUT2D eigenvalue weighted by Gasteiger charge is 2.10. The first-order valence-electron chi connectivity index (χ1n) is 3.32. The predicted octanol–water partition coefficient (Wildman–Crippen LogP) is 2.04. The SMILES string of the molecule is Cc1c(N)ccc(C(=O)O)c1Br. The average Bonchev–Trinajstić information content (AvgIpc) is 2.00. The number of carboxylic acids is 1. The van der Waals surface area contributed by atoms with Crippen molar-refractivity contribution in [3.63, 3.8) is 0 Å². The Morgan fingerprint density at radius 3 is 2.67 bits per heavy atom. The lowest BCUT2D eigenvalue weighted by Gasteiger charge is -2.05. The fourth-order valence-electron chi connectivity index (χ4n) is 0.865. The van der Waals surface area contributed by atoms with Gasteiger partial charge in [0, 0.05) is 10.2 Å². The van der Waals surface area contributed by atoms with Gasteiger partial charge in [0.15, 0.2) is 0 Å². The van der Waals surface area contributed by atoms with Crippen LogP contribution in [0, 0.1) is 6.92 Å². The Labute approximate surface area is 78.3 Å². The van der Waals surface area contributed by atoms with Crippen molar-refractivity contribution >= 4 is 27.6 Å². The highest BCUT2D eigenvalue weighted by atomic mass is 79.9. The van der Waals surface area contributed by atoms with Crippen LogP contribution < -0.4 is 5.73 Å². The standard InChI is InChI=1S/C8H8BrNO2/c1-4-6(10)3-2-5(7(4)9)8(11)12/h2-3H,10H2,1H3,(H,11,12). The van der Waals surface area contributed by atoms with Gasteiger partial charge in [-0.25, -0.2) is 4.79 Å². The molecule has 64 valence electrons. The van der Waals surface area contributed by atoms with E-state index in [9.17, 15) is 4.79 Å². The molecule has 0 heterocycles. The van der Waals surface area contributed by atoms with Crippen molar-refractivity contribution in [2.75, 3.05) is 5.73 Å². The Kier molecular flexibility index (Phi) is 2.38. The van der Waals surface area contributed by atoms with Gasteiger partial charge in [0.25, 0.3) is 0 Å². The molecule has 0 aliphatic carbocycles. The molecule has 0 unspecified atom stereocenters. The largest absolute Gasteiger partial charge is 0.478 e. The van der Waals surface area contributed by atoms with Crippen molar-refractivity contribution in [3.05, 3.63) is 27.7 Å². The van der Waals surface area contributed by atoms with Gasteiger partial charge < -0.3 is 10.8 Å². The Balaban J connectivity index is 3.36. The summed E-state index contributed by atoms with van der Waals surface area (Å²) in [5, 5.41) is 8.71. The van der Waals surface area contributed by atoms with Crippen molar-refractivity contribution in [1.29, 1.82) is 0 Å². The molecule has 0 bridgehead atoms. The van der Waals surface area contributed by atoms with Crippen molar-refractivity contribution in [2.24, 2.45) is 0 Å². The zero-order chi connectivity index (χ0) is 9.30. The minimum absolute atomic E-state index is 0.238. The van der Waals surface area contributed by atoms with Crippen LogP contribution >= 0.6 is 15.9 Å². The van der Waals surface area contributed by atoms with Gasteiger partial charge in [0.1, 0.15) is 0 Å². The topological polar surface area (TPSA) is 63.3 Å². The zero-order valence-electron chi connectivity index (χ0n) is 6.47. The van der Waals surface area contributed by atoms with E-state index in [1.165, 1.54) is 6.07 Å². The van der Waals surface area contributed by atoms with Crippen LogP contribution in [0.2, 0.25) is 0 Å². The van der Waals surface area contributed by atoms with Crippen molar-refractivity contribution < 1.29 is 9.90 Å². The minimum atomic E-state index is -0.954. The Bertz CT molecular complexity index is 336. The molecule has 0 saturated carbocycles. The maximum Gasteiger partial charge on any atom is 0.336 e. The van der Waals surface area contributed by atoms with Gasteiger partial charge >= 0.3 is 5.97 Å². The number of carbonyl (C=O) groups is 1. The highest BCUT2D eigenvalue weighted by Crippen LogP contribution is 2.25. The van der Waals surface area contributed by atoms with E-state index in [1.807, 2.05) is 0 Å². The van der Waals surface area contributed by atoms with E-state index in [-0.39, 0.29) is 5.56 Å². The van der Waals surface area contributed by atoms with Gasteiger partial charge in [-0.2, -0.15) is 0 Å². The van der Waals surface area contributed by atoms with E-state index in [2.05, 4.69) is 15.9 Å². The van der Waals surface area contributed by atoms with E-state index >= 15 is 0 Å². The smallest absolute Gasteiger partial charge is 0.336 e. The summed E-state index contributed by atoms with van der Waals surface area (Å²) in [6.45, 7) is 1.77. The third-order valence-electron chi connectivity index (χ3n) is 1.66. The molecule has 0 fully saturated rings. The molecule has 0 aliphatic heterocycles. The van der Waals surface area contributed by atoms with Crippen LogP contribution in [0.3, 0.4) is 0 Å². The lowest BCUT2D eigenvalue weighted by molar-refractivity contribution is 0.0696. The molecule has 3 N–H and O–H groups in total. The Hall–Kier alpha value is -1.03. The molecular weight excluding hydrogens is 222 g/mol. The number of benzene rings is 1. The molecule has 4 heteroatoms. The number of nitrogens with two attached hydrogens (primary N) is 1. The summed E-state index contributed by atoms with van der Waals surface area (Å²) in [7, 11) is 0. The molecule has 0 atom stereocenters. The molecule has 0 spiro atoms. The second-order valence-electron chi connectivity index (χ2n) is 2.45. The molecule has 1 aromatic rings. The lowest BCUT2D eigenvalue weighted by Crippen LogP contribution is -2.01. The number of hydrogen-bond acceptors (Lipinski definition) is 2. The Morgan fingerprint density at radius 1 is 1.58 bits per heavy atom. The van der Waals surface area contributed by atoms with E-state index < -0.39 is 5.97 Å². The number of aromatic carboxylic acids is 1. The molecule has 3 nitrogen and oxygen atoms in total. The molecule has 0 saturated heterocycles. The van der Waals surface area contributed by atoms with E-state index in [1.54, 1.807) is 13.0 Å². The van der Waals surface area contributed by atoms with Gasteiger partial charge in [-0.1, -0.05) is 0 Å². The van der Waals surface area contributed by atoms with E-state index in [0.29, 0.717) is 10.2 Å². The van der Waals surface area contributed by atoms with Crippen molar-refractivity contribution in [2.45, 2.75) is 6.92 Å². The van der Waals surface area contributed by atoms with Gasteiger partial charge in [-0.15, -0.1) is 0 Å². The van der Waals surface area contributed by atoms with Crippen LogP contribution in [0.1, 0.15) is 15.9 Å². The number of halogens is 1. The first-order chi connectivity index (χ1) is 5.54. The number of rotatable bonds is 1. The molecule has 0 radical (unpaired) electrons. The van der Waals surface area contributed by atoms with E-state index in [0.717, 1.165) is 5.56 Å². The predicted molar refractivity (Wildman–Crippen MR) is 50.3 cm³/mol. The van der Waals surface area contributed by atoms with Gasteiger partial charge in [-0.3, -0.25) is 0 Å². The highest BCUT2D eigenvalue weighted by molar-refractivity contribution is 9.10. The van der Waals surface area contributed by atoms with Gasteiger partial charge in [0.2, 0.25) is 0 Å². The van der Waals surface area contributed by atoms with Crippen LogP contribution in [0.4, 0.5) is 5.69 Å². The molecule has 0 amide bonds. The molecule has 0 aliphatic rings. The Morgan fingerprint density at radius 2 is 2.17 bits per heavy atom. The number of carboxylic acid groups (broad SMARTS) is 1. The summed E-state index contributed by atoms with van der Waals surface area (Å²) in [5.74, 6) is -0.954. The quantitative estimate of drug-likeness (QED) is 0.725. The lowest BCUT2D eigenvalue weighted by atomic mass is 10.1. The number of hydrogen-bond donors (Lipinski definition) is 2. The van der Waals surface area contributed by atoms with Gasteiger partial charge in [-0.05, 0) is 40.5 Å². The summed E-state index contributed by atoms with van der Waals surface area (Å²) in [6, 6.07) is 3.07. The van der Waals surface area contributed by atoms with Crippen LogP contribution in [0.15, 0.2) is 16.6 Å². The fraction of sp³-hybridized carbons (Fsp3) is 0.125. The third kappa shape index (κ3) is 1.43. The summed E-state index contributed by atoms with van der Waals surface area (Å²) in [4.78, 5) is 10.6. The average molecular weight is 230 g/mol. The fourth-order valence-corrected chi connectivity index (χ4v) is 1.40. The number of nitrogen functional groups attached to an aromatic ring is 1. The van der Waals surface area contributed by atoms with Crippen LogP contribution in [-0.2, 0) is 0 Å². The molecule has 12 heavy (non-hydrogen) atoms. The van der Waals surface area contributed by atoms with Crippen molar-refractivity contribution in [1.82, 2.24) is 0 Å². The summed E-state index contributed by atoms with van der Waals surface area (Å²) in [6.07, 6.45) is 0. The van der Waals surface area contributed by atoms with Crippen LogP contribution in [0.25, 0.3) is 0 Å². The van der Waals surface area contributed by atoms with E-state index in [4.69, 9.17) is 10.8 Å². The molecule has 0 aromatic heterocycles. The van der Waals surface area contributed by atoms with Gasteiger partial charge in [0.05, 0.1) is 5.56 Å². The first kappa shape index (κ1) is 9.06. The van der Waals surface area contributed by atoms with Crippen LogP contribution in [0.5, 0.6) is 0 Å². The molecule has 1 aromatic carbocycles. The number of anilines is 1. The molecule has 1 rings (SSSR count). The summed E-state index contributed by atoms with van der Waals surface area (Å²) >= 11 is 3.17. The summed E-state index contributed by atoms with van der Waals surface area (Å²) < 4.78 is 0.551. The second-order valence-corrected chi connectivity index (χ2v) is 3.24. The third-order valence-corrected chi connectivity index (χ3v) is 2.68. The normalized spacial score (nSPS) is 9.83.